The number of thioether (sulfide) groups is 1. The minimum Gasteiger partial charge on any atom is -0.497 e. The molecule has 2 heterocycles. The topological polar surface area (TPSA) is 107 Å². The SMILES string of the molecule is CCOc1ccc(-c2nc(CSc3nnc(COc4cccc(OC)c4)n3N)cs2)cc1OC. The van der Waals surface area contributed by atoms with E-state index < -0.39 is 0 Å². The van der Waals surface area contributed by atoms with Crippen LogP contribution in [0.3, 0.4) is 0 Å². The smallest absolute Gasteiger partial charge is 0.210 e. The average Bonchev–Trinajstić information content (AvgIpc) is 3.48. The van der Waals surface area contributed by atoms with Crippen LogP contribution < -0.4 is 24.8 Å². The lowest BCUT2D eigenvalue weighted by Gasteiger charge is -2.09. The zero-order valence-electron chi connectivity index (χ0n) is 19.1. The molecule has 0 radical (unpaired) electrons. The second-order valence-corrected chi connectivity index (χ2v) is 8.77. The monoisotopic (exact) mass is 499 g/mol. The van der Waals surface area contributed by atoms with Crippen LogP contribution in [0.1, 0.15) is 18.4 Å². The number of nitrogens with zero attached hydrogens (tertiary/aromatic N) is 4. The number of nitrogens with two attached hydrogens (primary N) is 1. The van der Waals surface area contributed by atoms with Gasteiger partial charge in [-0.3, -0.25) is 0 Å². The first-order valence-corrected chi connectivity index (χ1v) is 12.3. The van der Waals surface area contributed by atoms with Crippen molar-refractivity contribution in [2.24, 2.45) is 0 Å². The van der Waals surface area contributed by atoms with Crippen molar-refractivity contribution in [1.29, 1.82) is 0 Å². The second-order valence-electron chi connectivity index (χ2n) is 6.97. The lowest BCUT2D eigenvalue weighted by molar-refractivity contribution is 0.289. The Labute approximate surface area is 205 Å². The van der Waals surface area contributed by atoms with Gasteiger partial charge in [0.1, 0.15) is 23.1 Å². The molecule has 0 aliphatic rings. The number of ether oxygens (including phenoxy) is 4. The Morgan fingerprint density at radius 2 is 1.85 bits per heavy atom. The molecule has 0 bridgehead atoms. The van der Waals surface area contributed by atoms with Gasteiger partial charge >= 0.3 is 0 Å². The summed E-state index contributed by atoms with van der Waals surface area (Å²) in [5, 5.41) is 11.8. The normalized spacial score (nSPS) is 10.8. The average molecular weight is 500 g/mol. The van der Waals surface area contributed by atoms with Crippen LogP contribution >= 0.6 is 23.1 Å². The van der Waals surface area contributed by atoms with Crippen molar-refractivity contribution in [2.75, 3.05) is 26.7 Å². The van der Waals surface area contributed by atoms with Crippen LogP contribution in [0.5, 0.6) is 23.0 Å². The lowest BCUT2D eigenvalue weighted by atomic mass is 10.2. The maximum Gasteiger partial charge on any atom is 0.210 e. The van der Waals surface area contributed by atoms with Gasteiger partial charge in [0.25, 0.3) is 0 Å². The van der Waals surface area contributed by atoms with Crippen molar-refractivity contribution in [3.8, 4) is 33.6 Å². The molecule has 0 saturated carbocycles. The highest BCUT2D eigenvalue weighted by molar-refractivity contribution is 7.98. The summed E-state index contributed by atoms with van der Waals surface area (Å²) in [5.74, 6) is 10.1. The van der Waals surface area contributed by atoms with Gasteiger partial charge < -0.3 is 24.8 Å². The minimum absolute atomic E-state index is 0.192. The van der Waals surface area contributed by atoms with Crippen LogP contribution in [0.15, 0.2) is 53.0 Å². The van der Waals surface area contributed by atoms with Crippen LogP contribution in [-0.4, -0.2) is 40.7 Å². The van der Waals surface area contributed by atoms with E-state index in [1.807, 2.05) is 48.7 Å². The molecule has 4 aromatic rings. The van der Waals surface area contributed by atoms with Gasteiger partial charge in [0.2, 0.25) is 5.16 Å². The van der Waals surface area contributed by atoms with Crippen molar-refractivity contribution in [2.45, 2.75) is 24.4 Å². The second kappa shape index (κ2) is 11.1. The molecule has 178 valence electrons. The lowest BCUT2D eigenvalue weighted by Crippen LogP contribution is -2.15. The zero-order chi connectivity index (χ0) is 23.9. The summed E-state index contributed by atoms with van der Waals surface area (Å²) in [4.78, 5) is 4.74. The third-order valence-corrected chi connectivity index (χ3v) is 6.67. The fourth-order valence-electron chi connectivity index (χ4n) is 3.06. The number of rotatable bonds is 11. The van der Waals surface area contributed by atoms with E-state index in [4.69, 9.17) is 29.8 Å². The van der Waals surface area contributed by atoms with Gasteiger partial charge in [0.15, 0.2) is 17.3 Å². The van der Waals surface area contributed by atoms with Crippen molar-refractivity contribution < 1.29 is 18.9 Å². The van der Waals surface area contributed by atoms with Crippen LogP contribution in [0, 0.1) is 0 Å². The molecule has 11 heteroatoms. The maximum atomic E-state index is 6.18. The Balaban J connectivity index is 1.37. The molecule has 0 amide bonds. The van der Waals surface area contributed by atoms with Crippen molar-refractivity contribution in [3.63, 3.8) is 0 Å². The fourth-order valence-corrected chi connectivity index (χ4v) is 4.75. The van der Waals surface area contributed by atoms with Gasteiger partial charge in [-0.05, 0) is 37.3 Å². The quantitative estimate of drug-likeness (QED) is 0.237. The van der Waals surface area contributed by atoms with Crippen LogP contribution in [0.2, 0.25) is 0 Å². The molecule has 2 aromatic carbocycles. The number of aromatic nitrogens is 4. The zero-order valence-corrected chi connectivity index (χ0v) is 20.7. The number of hydrogen-bond acceptors (Lipinski definition) is 10. The first-order valence-electron chi connectivity index (χ1n) is 10.5. The summed E-state index contributed by atoms with van der Waals surface area (Å²) >= 11 is 3.03. The summed E-state index contributed by atoms with van der Waals surface area (Å²) in [5.41, 5.74) is 1.90. The molecule has 0 aliphatic heterocycles. The van der Waals surface area contributed by atoms with Crippen LogP contribution in [0.4, 0.5) is 0 Å². The van der Waals surface area contributed by atoms with E-state index >= 15 is 0 Å². The molecule has 2 aromatic heterocycles. The fraction of sp³-hybridized carbons (Fsp3) is 0.261. The summed E-state index contributed by atoms with van der Waals surface area (Å²) < 4.78 is 23.4. The molecular formula is C23H25N5O4S2. The largest absolute Gasteiger partial charge is 0.497 e. The Hall–Kier alpha value is -3.44. The molecule has 34 heavy (non-hydrogen) atoms. The Kier molecular flexibility index (Phi) is 7.76. The highest BCUT2D eigenvalue weighted by atomic mass is 32.2. The third kappa shape index (κ3) is 5.54. The van der Waals surface area contributed by atoms with Gasteiger partial charge in [-0.15, -0.1) is 21.5 Å². The van der Waals surface area contributed by atoms with Crippen molar-refractivity contribution >= 4 is 23.1 Å². The standard InChI is InChI=1S/C23H25N5O4S2/c1-4-31-19-9-8-15(10-20(19)30-3)22-25-16(13-33-22)14-34-23-27-26-21(28(23)24)12-32-18-7-5-6-17(11-18)29-2/h5-11,13H,4,12,14,24H2,1-3H3. The van der Waals surface area contributed by atoms with E-state index in [1.165, 1.54) is 16.4 Å². The van der Waals surface area contributed by atoms with Gasteiger partial charge in [0, 0.05) is 22.8 Å². The number of hydrogen-bond donors (Lipinski definition) is 1. The molecule has 0 atom stereocenters. The van der Waals surface area contributed by atoms with Crippen molar-refractivity contribution in [3.05, 3.63) is 59.4 Å². The van der Waals surface area contributed by atoms with E-state index in [1.54, 1.807) is 31.6 Å². The molecule has 0 spiro atoms. The van der Waals surface area contributed by atoms with Crippen LogP contribution in [0.25, 0.3) is 10.6 Å². The molecule has 2 N–H and O–H groups in total. The van der Waals surface area contributed by atoms with Gasteiger partial charge in [-0.1, -0.05) is 17.8 Å². The highest BCUT2D eigenvalue weighted by Gasteiger charge is 2.14. The summed E-state index contributed by atoms with van der Waals surface area (Å²) in [6.45, 7) is 2.71. The predicted molar refractivity (Wildman–Crippen MR) is 132 cm³/mol. The van der Waals surface area contributed by atoms with E-state index in [-0.39, 0.29) is 6.61 Å². The third-order valence-electron chi connectivity index (χ3n) is 4.76. The summed E-state index contributed by atoms with van der Waals surface area (Å²) in [6, 6.07) is 13.2. The maximum absolute atomic E-state index is 6.18. The molecule has 0 saturated heterocycles. The number of nitrogen functional groups attached to an aromatic ring is 1. The first-order chi connectivity index (χ1) is 16.6. The highest BCUT2D eigenvalue weighted by Crippen LogP contribution is 2.34. The van der Waals surface area contributed by atoms with E-state index in [0.29, 0.717) is 40.6 Å². The number of benzene rings is 2. The summed E-state index contributed by atoms with van der Waals surface area (Å²) in [6.07, 6.45) is 0. The number of methoxy groups -OCH3 is 2. The molecule has 0 fully saturated rings. The molecule has 0 aliphatic carbocycles. The van der Waals surface area contributed by atoms with Gasteiger partial charge in [-0.25, -0.2) is 9.66 Å². The minimum atomic E-state index is 0.192. The predicted octanol–water partition coefficient (Wildman–Crippen LogP) is 4.40. The Morgan fingerprint density at radius 3 is 2.65 bits per heavy atom. The van der Waals surface area contributed by atoms with Crippen molar-refractivity contribution in [1.82, 2.24) is 19.9 Å². The van der Waals surface area contributed by atoms with Gasteiger partial charge in [0.05, 0.1) is 26.5 Å². The van der Waals surface area contributed by atoms with E-state index in [9.17, 15) is 0 Å². The van der Waals surface area contributed by atoms with E-state index in [0.717, 1.165) is 22.0 Å². The molecule has 4 rings (SSSR count). The molecular weight excluding hydrogens is 474 g/mol. The molecule has 9 nitrogen and oxygen atoms in total. The Bertz CT molecular complexity index is 1240. The first kappa shape index (κ1) is 23.7. The summed E-state index contributed by atoms with van der Waals surface area (Å²) in [7, 11) is 3.24. The van der Waals surface area contributed by atoms with Gasteiger partial charge in [-0.2, -0.15) is 0 Å². The van der Waals surface area contributed by atoms with E-state index in [2.05, 4.69) is 10.2 Å². The van der Waals surface area contributed by atoms with Crippen LogP contribution in [-0.2, 0) is 12.4 Å². The molecule has 0 unspecified atom stereocenters. The Morgan fingerprint density at radius 1 is 1.00 bits per heavy atom. The number of thiazole rings is 1.